The molecule has 0 fully saturated rings. The third kappa shape index (κ3) is 2.11. The highest BCUT2D eigenvalue weighted by Gasteiger charge is 2.23. The summed E-state index contributed by atoms with van der Waals surface area (Å²) in [6, 6.07) is 8.36. The minimum Gasteiger partial charge on any atom is -0.493 e. The van der Waals surface area contributed by atoms with Gasteiger partial charge in [0.1, 0.15) is 0 Å². The lowest BCUT2D eigenvalue weighted by Gasteiger charge is -2.18. The van der Waals surface area contributed by atoms with Crippen LogP contribution < -0.4 is 9.47 Å². The highest BCUT2D eigenvalue weighted by Crippen LogP contribution is 2.39. The summed E-state index contributed by atoms with van der Waals surface area (Å²) in [4.78, 5) is 4.88. The first-order valence-electron chi connectivity index (χ1n) is 7.18. The second-order valence-electron chi connectivity index (χ2n) is 5.17. The molecule has 0 saturated carbocycles. The molecular formula is C17H20N2O2. The van der Waals surface area contributed by atoms with Gasteiger partial charge in [0.05, 0.1) is 37.4 Å². The summed E-state index contributed by atoms with van der Waals surface area (Å²) >= 11 is 0. The van der Waals surface area contributed by atoms with Crippen molar-refractivity contribution in [3.05, 3.63) is 41.7 Å². The Kier molecular flexibility index (Phi) is 3.45. The monoisotopic (exact) mass is 284 g/mol. The molecule has 110 valence electrons. The maximum absolute atomic E-state index is 5.45. The van der Waals surface area contributed by atoms with Gasteiger partial charge in [0.15, 0.2) is 11.5 Å². The van der Waals surface area contributed by atoms with Gasteiger partial charge in [-0.05, 0) is 31.5 Å². The molecule has 1 aromatic carbocycles. The Balaban J connectivity index is 2.31. The average Bonchev–Trinajstić information content (AvgIpc) is 2.97. The molecule has 0 spiro atoms. The minimum atomic E-state index is 0.139. The largest absolute Gasteiger partial charge is 0.493 e. The van der Waals surface area contributed by atoms with Gasteiger partial charge >= 0.3 is 0 Å². The molecule has 0 aliphatic carbocycles. The van der Waals surface area contributed by atoms with Crippen molar-refractivity contribution in [2.24, 2.45) is 4.99 Å². The van der Waals surface area contributed by atoms with E-state index < -0.39 is 0 Å². The highest BCUT2D eigenvalue weighted by molar-refractivity contribution is 5.98. The quantitative estimate of drug-likeness (QED) is 0.860. The van der Waals surface area contributed by atoms with Gasteiger partial charge in [-0.15, -0.1) is 0 Å². The fraction of sp³-hybridized carbons (Fsp3) is 0.353. The van der Waals surface area contributed by atoms with Crippen LogP contribution in [0.15, 0.2) is 35.5 Å². The SMILES string of the molecule is CC[C@@H]1N=C(C)c2cccn2-c2cc(OC)c(OC)cc21. The molecule has 0 saturated heterocycles. The average molecular weight is 284 g/mol. The molecule has 4 nitrogen and oxygen atoms in total. The van der Waals surface area contributed by atoms with E-state index in [0.717, 1.165) is 35.0 Å². The van der Waals surface area contributed by atoms with E-state index in [-0.39, 0.29) is 6.04 Å². The van der Waals surface area contributed by atoms with Crippen molar-refractivity contribution >= 4 is 5.71 Å². The normalized spacial score (nSPS) is 16.6. The first-order chi connectivity index (χ1) is 10.2. The highest BCUT2D eigenvalue weighted by atomic mass is 16.5. The van der Waals surface area contributed by atoms with Crippen LogP contribution in [0.5, 0.6) is 11.5 Å². The van der Waals surface area contributed by atoms with Crippen molar-refractivity contribution in [1.82, 2.24) is 4.57 Å². The standard InChI is InChI=1S/C17H20N2O2/c1-5-13-12-9-16(20-3)17(21-4)10-15(12)19-8-6-7-14(19)11(2)18-13/h6-10,13H,5H2,1-4H3/t13-/m0/s1. The minimum absolute atomic E-state index is 0.139. The number of aliphatic imine (C=N–C) groups is 1. The summed E-state index contributed by atoms with van der Waals surface area (Å²) < 4.78 is 13.1. The lowest BCUT2D eigenvalue weighted by molar-refractivity contribution is 0.354. The second-order valence-corrected chi connectivity index (χ2v) is 5.17. The zero-order valence-corrected chi connectivity index (χ0v) is 12.9. The number of hydrogen-bond donors (Lipinski definition) is 0. The number of aromatic nitrogens is 1. The van der Waals surface area contributed by atoms with Gasteiger partial charge in [-0.2, -0.15) is 0 Å². The molecule has 2 heterocycles. The predicted octanol–water partition coefficient (Wildman–Crippen LogP) is 3.77. The van der Waals surface area contributed by atoms with Gasteiger partial charge in [0.2, 0.25) is 0 Å². The fourth-order valence-electron chi connectivity index (χ4n) is 2.93. The van der Waals surface area contributed by atoms with Crippen LogP contribution in [-0.2, 0) is 0 Å². The second kappa shape index (κ2) is 5.28. The van der Waals surface area contributed by atoms with Crippen molar-refractivity contribution < 1.29 is 9.47 Å². The first-order valence-corrected chi connectivity index (χ1v) is 7.18. The maximum Gasteiger partial charge on any atom is 0.162 e. The van der Waals surface area contributed by atoms with E-state index in [9.17, 15) is 0 Å². The van der Waals surface area contributed by atoms with E-state index in [2.05, 4.69) is 30.7 Å². The van der Waals surface area contributed by atoms with E-state index in [1.54, 1.807) is 14.2 Å². The van der Waals surface area contributed by atoms with Crippen LogP contribution in [0.2, 0.25) is 0 Å². The van der Waals surface area contributed by atoms with E-state index in [1.165, 1.54) is 5.56 Å². The molecule has 1 aromatic heterocycles. The summed E-state index contributed by atoms with van der Waals surface area (Å²) in [5.41, 5.74) is 4.46. The summed E-state index contributed by atoms with van der Waals surface area (Å²) in [6.45, 7) is 4.22. The molecule has 4 heteroatoms. The van der Waals surface area contributed by atoms with Gasteiger partial charge in [0.25, 0.3) is 0 Å². The van der Waals surface area contributed by atoms with Crippen LogP contribution in [0.3, 0.4) is 0 Å². The molecular weight excluding hydrogens is 264 g/mol. The van der Waals surface area contributed by atoms with E-state index >= 15 is 0 Å². The Morgan fingerprint density at radius 2 is 1.90 bits per heavy atom. The van der Waals surface area contributed by atoms with Gasteiger partial charge in [-0.3, -0.25) is 4.99 Å². The summed E-state index contributed by atoms with van der Waals surface area (Å²) in [5, 5.41) is 0. The Hall–Kier alpha value is -2.23. The number of nitrogens with zero attached hydrogens (tertiary/aromatic N) is 2. The van der Waals surface area contributed by atoms with E-state index in [1.807, 2.05) is 18.2 Å². The van der Waals surface area contributed by atoms with Crippen LogP contribution in [0.25, 0.3) is 5.69 Å². The van der Waals surface area contributed by atoms with Crippen molar-refractivity contribution in [2.75, 3.05) is 14.2 Å². The van der Waals surface area contributed by atoms with Crippen LogP contribution in [0.1, 0.15) is 37.6 Å². The number of hydrogen-bond acceptors (Lipinski definition) is 3. The summed E-state index contributed by atoms with van der Waals surface area (Å²) in [6.07, 6.45) is 3.02. The number of ether oxygens (including phenoxy) is 2. The molecule has 21 heavy (non-hydrogen) atoms. The van der Waals surface area contributed by atoms with Crippen molar-refractivity contribution in [2.45, 2.75) is 26.3 Å². The molecule has 3 rings (SSSR count). The van der Waals surface area contributed by atoms with Crippen LogP contribution in [-0.4, -0.2) is 24.5 Å². The van der Waals surface area contributed by atoms with Crippen molar-refractivity contribution in [1.29, 1.82) is 0 Å². The van der Waals surface area contributed by atoms with Crippen molar-refractivity contribution in [3.8, 4) is 17.2 Å². The third-order valence-corrected chi connectivity index (χ3v) is 4.01. The van der Waals surface area contributed by atoms with Crippen molar-refractivity contribution in [3.63, 3.8) is 0 Å². The lowest BCUT2D eigenvalue weighted by Crippen LogP contribution is -2.04. The number of benzene rings is 1. The van der Waals surface area contributed by atoms with Gasteiger partial charge in [-0.25, -0.2) is 0 Å². The van der Waals surface area contributed by atoms with Gasteiger partial charge in [-0.1, -0.05) is 6.92 Å². The van der Waals surface area contributed by atoms with Crippen LogP contribution in [0.4, 0.5) is 0 Å². The molecule has 0 N–H and O–H groups in total. The van der Waals surface area contributed by atoms with Crippen LogP contribution in [0, 0.1) is 0 Å². The Bertz CT molecular complexity index is 701. The zero-order valence-electron chi connectivity index (χ0n) is 12.9. The molecule has 1 aliphatic rings. The van der Waals surface area contributed by atoms with Gasteiger partial charge < -0.3 is 14.0 Å². The van der Waals surface area contributed by atoms with Gasteiger partial charge in [0, 0.05) is 17.8 Å². The van der Waals surface area contributed by atoms with E-state index in [0.29, 0.717) is 0 Å². The molecule has 1 atom stereocenters. The fourth-order valence-corrected chi connectivity index (χ4v) is 2.93. The smallest absolute Gasteiger partial charge is 0.162 e. The summed E-state index contributed by atoms with van der Waals surface area (Å²) in [5.74, 6) is 1.49. The number of rotatable bonds is 3. The topological polar surface area (TPSA) is 35.8 Å². The Morgan fingerprint density at radius 3 is 2.57 bits per heavy atom. The molecule has 0 bridgehead atoms. The van der Waals surface area contributed by atoms with Crippen LogP contribution >= 0.6 is 0 Å². The maximum atomic E-state index is 5.45. The Labute approximate surface area is 125 Å². The number of fused-ring (bicyclic) bond motifs is 3. The molecule has 0 radical (unpaired) electrons. The molecule has 1 aliphatic heterocycles. The van der Waals surface area contributed by atoms with E-state index in [4.69, 9.17) is 14.5 Å². The predicted molar refractivity (Wildman–Crippen MR) is 84.1 cm³/mol. The summed E-state index contributed by atoms with van der Waals surface area (Å²) in [7, 11) is 3.33. The number of methoxy groups -OCH3 is 2. The molecule has 2 aromatic rings. The molecule has 0 amide bonds. The Morgan fingerprint density at radius 1 is 1.19 bits per heavy atom. The first kappa shape index (κ1) is 13.7. The molecule has 0 unspecified atom stereocenters. The zero-order chi connectivity index (χ0) is 15.0. The lowest BCUT2D eigenvalue weighted by atomic mass is 10.0. The third-order valence-electron chi connectivity index (χ3n) is 4.01.